The van der Waals surface area contributed by atoms with Crippen molar-refractivity contribution >= 4 is 10.8 Å². The smallest absolute Gasteiger partial charge is 0.141 e. The summed E-state index contributed by atoms with van der Waals surface area (Å²) >= 11 is 0. The van der Waals surface area contributed by atoms with Gasteiger partial charge in [0.2, 0.25) is 0 Å². The third-order valence-corrected chi connectivity index (χ3v) is 4.11. The van der Waals surface area contributed by atoms with Crippen molar-refractivity contribution in [3.63, 3.8) is 0 Å². The van der Waals surface area contributed by atoms with Crippen LogP contribution in [-0.4, -0.2) is 6.54 Å². The number of fused-ring (bicyclic) bond motifs is 1. The van der Waals surface area contributed by atoms with Crippen molar-refractivity contribution < 1.29 is 4.39 Å². The fourth-order valence-corrected chi connectivity index (χ4v) is 2.78. The molecule has 2 nitrogen and oxygen atoms in total. The molecule has 0 saturated carbocycles. The van der Waals surface area contributed by atoms with Gasteiger partial charge >= 0.3 is 0 Å². The van der Waals surface area contributed by atoms with Crippen molar-refractivity contribution in [1.82, 2.24) is 5.32 Å². The molecule has 0 aliphatic rings. The van der Waals surface area contributed by atoms with Crippen LogP contribution < -0.4 is 5.32 Å². The molecule has 1 N–H and O–H groups in total. The van der Waals surface area contributed by atoms with Crippen LogP contribution in [0.2, 0.25) is 0 Å². The van der Waals surface area contributed by atoms with Gasteiger partial charge in [-0.2, -0.15) is 5.26 Å². The third kappa shape index (κ3) is 3.86. The predicted octanol–water partition coefficient (Wildman–Crippen LogP) is 4.55. The lowest BCUT2D eigenvalue weighted by atomic mass is 10.00. The number of nitriles is 1. The molecular weight excluding hydrogens is 311 g/mol. The molecule has 3 rings (SSSR count). The number of rotatable bonds is 3. The van der Waals surface area contributed by atoms with Crippen molar-refractivity contribution in [1.29, 1.82) is 5.26 Å². The zero-order chi connectivity index (χ0) is 17.6. The molecule has 1 atom stereocenters. The van der Waals surface area contributed by atoms with Crippen LogP contribution in [0.15, 0.2) is 60.7 Å². The second-order valence-electron chi connectivity index (χ2n) is 5.78. The van der Waals surface area contributed by atoms with Crippen LogP contribution >= 0.6 is 0 Å². The number of nitrogens with one attached hydrogen (secondary N) is 1. The average Bonchev–Trinajstić information content (AvgIpc) is 2.65. The van der Waals surface area contributed by atoms with Gasteiger partial charge < -0.3 is 0 Å². The lowest BCUT2D eigenvalue weighted by Crippen LogP contribution is -2.19. The summed E-state index contributed by atoms with van der Waals surface area (Å²) < 4.78 is 13.3. The van der Waals surface area contributed by atoms with E-state index < -0.39 is 5.82 Å². The SMILES string of the molecule is CC(NCC#Cc1ccc(F)c(C#N)c1)c1cccc2ccccc12. The maximum absolute atomic E-state index is 13.3. The van der Waals surface area contributed by atoms with E-state index in [1.165, 1.54) is 28.5 Å². The molecule has 3 aromatic rings. The summed E-state index contributed by atoms with van der Waals surface area (Å²) in [6.45, 7) is 2.61. The molecule has 0 aliphatic heterocycles. The molecule has 3 heteroatoms. The first-order valence-corrected chi connectivity index (χ1v) is 8.08. The van der Waals surface area contributed by atoms with Crippen LogP contribution in [0, 0.1) is 29.0 Å². The largest absolute Gasteiger partial charge is 0.300 e. The van der Waals surface area contributed by atoms with Gasteiger partial charge in [-0.05, 0) is 41.5 Å². The zero-order valence-electron chi connectivity index (χ0n) is 13.9. The molecule has 0 aliphatic carbocycles. The van der Waals surface area contributed by atoms with E-state index in [4.69, 9.17) is 5.26 Å². The quantitative estimate of drug-likeness (QED) is 0.716. The first kappa shape index (κ1) is 16.7. The standard InChI is InChI=1S/C22H17FN2/c1-16(20-10-4-8-18-7-2-3-9-21(18)20)25-13-5-6-17-11-12-22(23)19(14-17)15-24/h2-4,7-12,14,16,25H,13H2,1H3. The highest BCUT2D eigenvalue weighted by Gasteiger charge is 2.07. The highest BCUT2D eigenvalue weighted by Crippen LogP contribution is 2.23. The number of halogens is 1. The van der Waals surface area contributed by atoms with Crippen LogP contribution in [0.3, 0.4) is 0 Å². The summed E-state index contributed by atoms with van der Waals surface area (Å²) in [5, 5.41) is 14.7. The van der Waals surface area contributed by atoms with Crippen LogP contribution in [0.5, 0.6) is 0 Å². The average molecular weight is 328 g/mol. The molecule has 0 spiro atoms. The predicted molar refractivity (Wildman–Crippen MR) is 98.4 cm³/mol. The third-order valence-electron chi connectivity index (χ3n) is 4.11. The lowest BCUT2D eigenvalue weighted by Gasteiger charge is -2.15. The summed E-state index contributed by atoms with van der Waals surface area (Å²) in [6.07, 6.45) is 0. The first-order valence-electron chi connectivity index (χ1n) is 8.08. The summed E-state index contributed by atoms with van der Waals surface area (Å²) in [4.78, 5) is 0. The first-order chi connectivity index (χ1) is 12.2. The molecule has 0 aromatic heterocycles. The van der Waals surface area contributed by atoms with Crippen LogP contribution in [0.25, 0.3) is 10.8 Å². The molecule has 3 aromatic carbocycles. The van der Waals surface area contributed by atoms with Crippen LogP contribution in [0.1, 0.15) is 29.7 Å². The van der Waals surface area contributed by atoms with Gasteiger partial charge in [-0.1, -0.05) is 54.3 Å². The van der Waals surface area contributed by atoms with E-state index in [2.05, 4.69) is 54.4 Å². The molecule has 0 amide bonds. The van der Waals surface area contributed by atoms with E-state index in [9.17, 15) is 4.39 Å². The van der Waals surface area contributed by atoms with E-state index >= 15 is 0 Å². The van der Waals surface area contributed by atoms with Gasteiger partial charge in [0.1, 0.15) is 11.9 Å². The van der Waals surface area contributed by atoms with Gasteiger partial charge in [-0.25, -0.2) is 4.39 Å². The molecule has 0 fully saturated rings. The van der Waals surface area contributed by atoms with Gasteiger partial charge in [0.25, 0.3) is 0 Å². The number of nitrogens with zero attached hydrogens (tertiary/aromatic N) is 1. The maximum Gasteiger partial charge on any atom is 0.141 e. The highest BCUT2D eigenvalue weighted by atomic mass is 19.1. The molecule has 1 unspecified atom stereocenters. The number of hydrogen-bond donors (Lipinski definition) is 1. The Bertz CT molecular complexity index is 1000. The topological polar surface area (TPSA) is 35.8 Å². The Balaban J connectivity index is 1.69. The molecule has 0 heterocycles. The van der Waals surface area contributed by atoms with E-state index in [0.717, 1.165) is 0 Å². The molecule has 25 heavy (non-hydrogen) atoms. The highest BCUT2D eigenvalue weighted by molar-refractivity contribution is 5.86. The van der Waals surface area contributed by atoms with Crippen molar-refractivity contribution in [3.05, 3.63) is 83.2 Å². The van der Waals surface area contributed by atoms with Crippen molar-refractivity contribution in [3.8, 4) is 17.9 Å². The Hall–Kier alpha value is -3.14. The Labute approximate surface area is 146 Å². The Morgan fingerprint density at radius 1 is 1.08 bits per heavy atom. The minimum absolute atomic E-state index is 0.0175. The monoisotopic (exact) mass is 328 g/mol. The van der Waals surface area contributed by atoms with Crippen LogP contribution in [0.4, 0.5) is 4.39 Å². The Morgan fingerprint density at radius 2 is 1.88 bits per heavy atom. The van der Waals surface area contributed by atoms with Gasteiger partial charge in [-0.3, -0.25) is 5.32 Å². The van der Waals surface area contributed by atoms with E-state index in [0.29, 0.717) is 12.1 Å². The Kier molecular flexibility index (Phi) is 5.09. The fourth-order valence-electron chi connectivity index (χ4n) is 2.78. The molecule has 0 radical (unpaired) electrons. The second-order valence-corrected chi connectivity index (χ2v) is 5.78. The van der Waals surface area contributed by atoms with Crippen molar-refractivity contribution in [2.45, 2.75) is 13.0 Å². The van der Waals surface area contributed by atoms with Crippen molar-refractivity contribution in [2.75, 3.05) is 6.54 Å². The van der Waals surface area contributed by atoms with Gasteiger partial charge in [0, 0.05) is 11.6 Å². The molecular formula is C22H17FN2. The van der Waals surface area contributed by atoms with E-state index in [1.54, 1.807) is 6.07 Å². The second kappa shape index (κ2) is 7.62. The van der Waals surface area contributed by atoms with E-state index in [1.807, 2.05) is 18.2 Å². The summed E-state index contributed by atoms with van der Waals surface area (Å²) in [7, 11) is 0. The van der Waals surface area contributed by atoms with Gasteiger partial charge in [-0.15, -0.1) is 0 Å². The molecule has 122 valence electrons. The van der Waals surface area contributed by atoms with Crippen molar-refractivity contribution in [2.24, 2.45) is 0 Å². The summed E-state index contributed by atoms with van der Waals surface area (Å²) in [6, 6.07) is 20.9. The van der Waals surface area contributed by atoms with Gasteiger partial charge in [0.15, 0.2) is 0 Å². The fraction of sp³-hybridized carbons (Fsp3) is 0.136. The Morgan fingerprint density at radius 3 is 2.72 bits per heavy atom. The maximum atomic E-state index is 13.3. The van der Waals surface area contributed by atoms with E-state index in [-0.39, 0.29) is 11.6 Å². The number of benzene rings is 3. The molecule has 0 saturated heterocycles. The van der Waals surface area contributed by atoms with Gasteiger partial charge in [0.05, 0.1) is 12.1 Å². The summed E-state index contributed by atoms with van der Waals surface area (Å²) in [5.74, 6) is 5.47. The minimum Gasteiger partial charge on any atom is -0.300 e. The summed E-state index contributed by atoms with van der Waals surface area (Å²) in [5.41, 5.74) is 1.88. The zero-order valence-corrected chi connectivity index (χ0v) is 13.9. The lowest BCUT2D eigenvalue weighted by molar-refractivity contribution is 0.623. The normalized spacial score (nSPS) is 11.4. The number of hydrogen-bond acceptors (Lipinski definition) is 2. The molecule has 0 bridgehead atoms. The van der Waals surface area contributed by atoms with Crippen LogP contribution in [-0.2, 0) is 0 Å². The minimum atomic E-state index is -0.518.